The second-order valence-electron chi connectivity index (χ2n) is 12.2. The second-order valence-corrected chi connectivity index (χ2v) is 12.2. The van der Waals surface area contributed by atoms with Crippen molar-refractivity contribution >= 4 is 0 Å². The van der Waals surface area contributed by atoms with Crippen molar-refractivity contribution in [2.45, 2.75) is 64.7 Å². The molecule has 7 rings (SSSR count). The van der Waals surface area contributed by atoms with Gasteiger partial charge in [0.1, 0.15) is 26.3 Å². The van der Waals surface area contributed by atoms with Gasteiger partial charge in [-0.2, -0.15) is 9.13 Å². The van der Waals surface area contributed by atoms with Gasteiger partial charge < -0.3 is 9.47 Å². The van der Waals surface area contributed by atoms with Gasteiger partial charge in [-0.25, -0.2) is 9.13 Å². The molecule has 2 atom stereocenters. The van der Waals surface area contributed by atoms with E-state index in [9.17, 15) is 0 Å². The molecule has 0 radical (unpaired) electrons. The third-order valence-corrected chi connectivity index (χ3v) is 8.74. The molecule has 2 aliphatic rings. The SMILES string of the molecule is CC(C)c1c2[n+](cn1Cc1ccccc1Cn1c[n+]3c(c1C(C)C)OC[C@H]3c1ccccc1)[C@H](c1ccccc1)CO2. The Labute approximate surface area is 248 Å². The van der Waals surface area contributed by atoms with E-state index < -0.39 is 0 Å². The summed E-state index contributed by atoms with van der Waals surface area (Å²) in [5, 5.41) is 0. The van der Waals surface area contributed by atoms with Crippen LogP contribution in [0, 0.1) is 0 Å². The highest BCUT2D eigenvalue weighted by Crippen LogP contribution is 2.34. The van der Waals surface area contributed by atoms with Gasteiger partial charge in [0.2, 0.25) is 12.7 Å². The molecule has 2 aromatic heterocycles. The van der Waals surface area contributed by atoms with E-state index >= 15 is 0 Å². The zero-order valence-corrected chi connectivity index (χ0v) is 25.0. The molecular weight excluding hydrogens is 520 g/mol. The standard InChI is InChI=1S/C36H40N4O2/c1-25(2)33-35-39(31(21-41-35)27-13-7-5-8-14-27)23-37(33)19-29-17-11-12-18-30(29)20-38-24-40-32(28-15-9-6-10-16-28)22-42-36(40)34(38)26(3)4/h5-18,23-26,31-32H,19-22H2,1-4H3/q+2/t31-,32-/m0/s1. The van der Waals surface area contributed by atoms with Crippen LogP contribution in [-0.2, 0) is 13.1 Å². The molecule has 0 amide bonds. The minimum Gasteiger partial charge on any atom is -0.454 e. The molecule has 3 aromatic carbocycles. The zero-order valence-electron chi connectivity index (χ0n) is 25.0. The largest absolute Gasteiger partial charge is 0.454 e. The number of rotatable bonds is 8. The first-order valence-electron chi connectivity index (χ1n) is 15.2. The Bertz CT molecular complexity index is 1570. The third kappa shape index (κ3) is 4.59. The van der Waals surface area contributed by atoms with Crippen LogP contribution in [0.5, 0.6) is 11.8 Å². The van der Waals surface area contributed by atoms with E-state index in [1.54, 1.807) is 0 Å². The van der Waals surface area contributed by atoms with Crippen LogP contribution in [0.1, 0.15) is 85.3 Å². The Morgan fingerprint density at radius 1 is 0.595 bits per heavy atom. The maximum absolute atomic E-state index is 6.35. The average molecular weight is 561 g/mol. The van der Waals surface area contributed by atoms with Crippen LogP contribution < -0.4 is 18.6 Å². The van der Waals surface area contributed by atoms with Crippen molar-refractivity contribution in [3.63, 3.8) is 0 Å². The minimum atomic E-state index is 0.195. The number of ether oxygens (including phenoxy) is 2. The summed E-state index contributed by atoms with van der Waals surface area (Å²) >= 11 is 0. The van der Waals surface area contributed by atoms with Crippen LogP contribution in [0.15, 0.2) is 97.6 Å². The summed E-state index contributed by atoms with van der Waals surface area (Å²) < 4.78 is 22.2. The van der Waals surface area contributed by atoms with E-state index in [0.717, 1.165) is 24.8 Å². The van der Waals surface area contributed by atoms with Crippen LogP contribution in [0.25, 0.3) is 0 Å². The summed E-state index contributed by atoms with van der Waals surface area (Å²) in [7, 11) is 0. The van der Waals surface area contributed by atoms with Crippen molar-refractivity contribution in [2.75, 3.05) is 13.2 Å². The Morgan fingerprint density at radius 3 is 1.36 bits per heavy atom. The van der Waals surface area contributed by atoms with Crippen molar-refractivity contribution in [3.05, 3.63) is 131 Å². The quantitative estimate of drug-likeness (QED) is 0.213. The lowest BCUT2D eigenvalue weighted by atomic mass is 10.1. The van der Waals surface area contributed by atoms with E-state index in [0.29, 0.717) is 25.0 Å². The summed E-state index contributed by atoms with van der Waals surface area (Å²) in [6, 6.07) is 30.6. The highest BCUT2D eigenvalue weighted by atomic mass is 16.5. The van der Waals surface area contributed by atoms with Crippen molar-refractivity contribution in [1.82, 2.24) is 9.13 Å². The first-order chi connectivity index (χ1) is 20.5. The van der Waals surface area contributed by atoms with Crippen molar-refractivity contribution < 1.29 is 18.6 Å². The van der Waals surface area contributed by atoms with Crippen molar-refractivity contribution in [2.24, 2.45) is 0 Å². The monoisotopic (exact) mass is 560 g/mol. The van der Waals surface area contributed by atoms with Gasteiger partial charge in [-0.3, -0.25) is 0 Å². The minimum absolute atomic E-state index is 0.195. The van der Waals surface area contributed by atoms with Crippen LogP contribution in [-0.4, -0.2) is 22.3 Å². The van der Waals surface area contributed by atoms with E-state index in [2.05, 4.69) is 144 Å². The summed E-state index contributed by atoms with van der Waals surface area (Å²) in [6.07, 6.45) is 4.54. The van der Waals surface area contributed by atoms with Gasteiger partial charge in [0.05, 0.1) is 0 Å². The molecule has 0 unspecified atom stereocenters. The fourth-order valence-corrected chi connectivity index (χ4v) is 6.76. The number of hydrogen-bond donors (Lipinski definition) is 0. The number of fused-ring (bicyclic) bond motifs is 2. The van der Waals surface area contributed by atoms with E-state index in [4.69, 9.17) is 9.47 Å². The smallest absolute Gasteiger partial charge is 0.329 e. The maximum Gasteiger partial charge on any atom is 0.329 e. The van der Waals surface area contributed by atoms with Gasteiger partial charge in [-0.15, -0.1) is 0 Å². The third-order valence-electron chi connectivity index (χ3n) is 8.74. The van der Waals surface area contributed by atoms with Gasteiger partial charge >= 0.3 is 11.8 Å². The number of hydrogen-bond acceptors (Lipinski definition) is 2. The van der Waals surface area contributed by atoms with E-state index in [1.165, 1.54) is 33.6 Å². The molecule has 6 heteroatoms. The molecule has 0 N–H and O–H groups in total. The van der Waals surface area contributed by atoms with Crippen molar-refractivity contribution in [3.8, 4) is 11.8 Å². The second kappa shape index (κ2) is 10.8. The molecular formula is C36H40N4O2+2. The molecule has 0 aliphatic carbocycles. The first kappa shape index (κ1) is 26.6. The van der Waals surface area contributed by atoms with Crippen LogP contribution in [0.3, 0.4) is 0 Å². The fraction of sp³-hybridized carbons (Fsp3) is 0.333. The Kier molecular flexibility index (Phi) is 6.85. The average Bonchev–Trinajstić information content (AvgIpc) is 3.75. The predicted molar refractivity (Wildman–Crippen MR) is 162 cm³/mol. The zero-order chi connectivity index (χ0) is 28.8. The molecule has 0 spiro atoms. The molecule has 4 heterocycles. The summed E-state index contributed by atoms with van der Waals surface area (Å²) in [4.78, 5) is 0. The molecule has 5 aromatic rings. The number of benzene rings is 3. The molecule has 2 aliphatic heterocycles. The lowest BCUT2D eigenvalue weighted by Crippen LogP contribution is -2.35. The van der Waals surface area contributed by atoms with Crippen LogP contribution in [0.4, 0.5) is 0 Å². The molecule has 0 saturated carbocycles. The van der Waals surface area contributed by atoms with Crippen molar-refractivity contribution in [1.29, 1.82) is 0 Å². The molecule has 0 bridgehead atoms. The number of aromatic nitrogens is 4. The number of nitrogens with zero attached hydrogens (tertiary/aromatic N) is 4. The fourth-order valence-electron chi connectivity index (χ4n) is 6.76. The Balaban J connectivity index is 1.22. The van der Waals surface area contributed by atoms with Gasteiger partial charge in [0, 0.05) is 34.1 Å². The van der Waals surface area contributed by atoms with Gasteiger partial charge in [0.25, 0.3) is 0 Å². The van der Waals surface area contributed by atoms with Gasteiger partial charge in [-0.1, -0.05) is 113 Å². The topological polar surface area (TPSA) is 36.1 Å². The van der Waals surface area contributed by atoms with Crippen LogP contribution >= 0.6 is 0 Å². The van der Waals surface area contributed by atoms with Gasteiger partial charge in [0.15, 0.2) is 23.5 Å². The summed E-state index contributed by atoms with van der Waals surface area (Å²) in [5.74, 6) is 2.68. The highest BCUT2D eigenvalue weighted by Gasteiger charge is 2.40. The van der Waals surface area contributed by atoms with Crippen LogP contribution in [0.2, 0.25) is 0 Å². The van der Waals surface area contributed by atoms with Gasteiger partial charge in [-0.05, 0) is 0 Å². The summed E-state index contributed by atoms with van der Waals surface area (Å²) in [5.41, 5.74) is 7.70. The predicted octanol–water partition coefficient (Wildman–Crippen LogP) is 6.17. The van der Waals surface area contributed by atoms with E-state index in [-0.39, 0.29) is 12.1 Å². The highest BCUT2D eigenvalue weighted by molar-refractivity contribution is 5.32. The van der Waals surface area contributed by atoms with E-state index in [1.807, 2.05) is 0 Å². The molecule has 0 saturated heterocycles. The normalized spacial score (nSPS) is 17.4. The molecule has 6 nitrogen and oxygen atoms in total. The first-order valence-corrected chi connectivity index (χ1v) is 15.2. The molecule has 0 fully saturated rings. The Morgan fingerprint density at radius 2 is 0.976 bits per heavy atom. The molecule has 214 valence electrons. The molecule has 42 heavy (non-hydrogen) atoms. The summed E-state index contributed by atoms with van der Waals surface area (Å²) in [6.45, 7) is 12.0. The lowest BCUT2D eigenvalue weighted by molar-refractivity contribution is -0.696. The number of imidazole rings is 2. The lowest BCUT2D eigenvalue weighted by Gasteiger charge is -2.12. The Hall–Kier alpha value is -4.32. The maximum atomic E-state index is 6.35.